The van der Waals surface area contributed by atoms with Gasteiger partial charge in [0.15, 0.2) is 11.5 Å². The van der Waals surface area contributed by atoms with Gasteiger partial charge in [0, 0.05) is 17.2 Å². The van der Waals surface area contributed by atoms with Crippen molar-refractivity contribution in [2.75, 3.05) is 40.2 Å². The van der Waals surface area contributed by atoms with Gasteiger partial charge in [0.1, 0.15) is 11.4 Å². The van der Waals surface area contributed by atoms with E-state index in [0.717, 1.165) is 22.3 Å². The molecule has 0 saturated heterocycles. The quantitative estimate of drug-likeness (QED) is 0.714. The van der Waals surface area contributed by atoms with Gasteiger partial charge in [-0.25, -0.2) is 0 Å². The molecule has 2 aromatic rings. The first-order chi connectivity index (χ1) is 14.6. The number of ether oxygens (including phenoxy) is 3. The normalized spacial score (nSPS) is 13.9. The molecular formula is C25H30N2O4. The van der Waals surface area contributed by atoms with Gasteiger partial charge in [-0.1, -0.05) is 12.7 Å². The summed E-state index contributed by atoms with van der Waals surface area (Å²) in [6, 6.07) is 9.40. The van der Waals surface area contributed by atoms with Crippen molar-refractivity contribution in [1.82, 2.24) is 4.90 Å². The number of amides is 1. The molecule has 0 unspecified atom stereocenters. The Morgan fingerprint density at radius 1 is 1.13 bits per heavy atom. The van der Waals surface area contributed by atoms with Gasteiger partial charge in [-0.15, -0.1) is 0 Å². The zero-order valence-corrected chi connectivity index (χ0v) is 19.0. The number of benzene rings is 2. The molecule has 0 radical (unpaired) electrons. The summed E-state index contributed by atoms with van der Waals surface area (Å²) in [5.74, 6) is 1.88. The molecule has 2 aromatic carbocycles. The van der Waals surface area contributed by atoms with Crippen molar-refractivity contribution in [3.05, 3.63) is 59.7 Å². The molecule has 1 N–H and O–H groups in total. The highest BCUT2D eigenvalue weighted by atomic mass is 16.5. The number of rotatable bonds is 7. The van der Waals surface area contributed by atoms with E-state index < -0.39 is 5.60 Å². The minimum absolute atomic E-state index is 0.117. The Morgan fingerprint density at radius 3 is 2.48 bits per heavy atom. The van der Waals surface area contributed by atoms with Crippen LogP contribution in [-0.2, 0) is 4.79 Å². The Hall–Kier alpha value is -3.25. The van der Waals surface area contributed by atoms with Gasteiger partial charge in [0.2, 0.25) is 5.91 Å². The molecule has 3 rings (SSSR count). The molecular weight excluding hydrogens is 392 g/mol. The van der Waals surface area contributed by atoms with Crippen LogP contribution in [0.5, 0.6) is 17.2 Å². The minimum Gasteiger partial charge on any atom is -0.497 e. The molecule has 31 heavy (non-hydrogen) atoms. The number of hydrogen-bond acceptors (Lipinski definition) is 5. The lowest BCUT2D eigenvalue weighted by Gasteiger charge is -2.30. The average molecular weight is 423 g/mol. The van der Waals surface area contributed by atoms with Crippen molar-refractivity contribution in [3.8, 4) is 17.2 Å². The number of likely N-dealkylation sites (N-methyl/N-ethyl adjacent to an activating group) is 1. The Balaban J connectivity index is 2.07. The van der Waals surface area contributed by atoms with Crippen LogP contribution in [0, 0.1) is 0 Å². The first-order valence-corrected chi connectivity index (χ1v) is 10.1. The van der Waals surface area contributed by atoms with Crippen LogP contribution in [0.1, 0.15) is 30.5 Å². The second-order valence-electron chi connectivity index (χ2n) is 8.27. The third-order valence-electron chi connectivity index (χ3n) is 5.01. The SMILES string of the molecule is C=C(c1ccc(OC)cc1NC(=O)CN(C)C)c1ccc(OC)c2c1C=CC(C)(C)O2. The van der Waals surface area contributed by atoms with Gasteiger partial charge < -0.3 is 24.4 Å². The van der Waals surface area contributed by atoms with E-state index in [1.165, 1.54) is 0 Å². The van der Waals surface area contributed by atoms with Crippen molar-refractivity contribution in [1.29, 1.82) is 0 Å². The summed E-state index contributed by atoms with van der Waals surface area (Å²) in [7, 11) is 6.92. The fourth-order valence-corrected chi connectivity index (χ4v) is 3.49. The van der Waals surface area contributed by atoms with Crippen LogP contribution in [0.4, 0.5) is 5.69 Å². The number of fused-ring (bicyclic) bond motifs is 1. The van der Waals surface area contributed by atoms with Gasteiger partial charge in [-0.3, -0.25) is 4.79 Å². The molecule has 0 fully saturated rings. The zero-order chi connectivity index (χ0) is 22.8. The molecule has 1 aliphatic heterocycles. The highest BCUT2D eigenvalue weighted by Crippen LogP contribution is 2.44. The number of carbonyl (C=O) groups is 1. The number of hydrogen-bond donors (Lipinski definition) is 1. The predicted molar refractivity (Wildman–Crippen MR) is 125 cm³/mol. The highest BCUT2D eigenvalue weighted by Gasteiger charge is 2.27. The number of carbonyl (C=O) groups excluding carboxylic acids is 1. The number of anilines is 1. The van der Waals surface area contributed by atoms with E-state index in [1.54, 1.807) is 20.3 Å². The fourth-order valence-electron chi connectivity index (χ4n) is 3.49. The summed E-state index contributed by atoms with van der Waals surface area (Å²) in [4.78, 5) is 14.3. The molecule has 1 aliphatic rings. The molecule has 164 valence electrons. The molecule has 0 aliphatic carbocycles. The van der Waals surface area contributed by atoms with E-state index in [1.807, 2.05) is 69.3 Å². The minimum atomic E-state index is -0.439. The molecule has 6 nitrogen and oxygen atoms in total. The van der Waals surface area contributed by atoms with E-state index in [4.69, 9.17) is 14.2 Å². The Bertz CT molecular complexity index is 1040. The zero-order valence-electron chi connectivity index (χ0n) is 19.0. The molecule has 0 spiro atoms. The topological polar surface area (TPSA) is 60.0 Å². The Morgan fingerprint density at radius 2 is 1.84 bits per heavy atom. The Kier molecular flexibility index (Phi) is 6.41. The average Bonchev–Trinajstić information content (AvgIpc) is 2.71. The standard InChI is InChI=1S/C25H30N2O4/c1-16(18-10-11-22(30-7)24-20(18)12-13-25(2,3)31-24)19-9-8-17(29-6)14-21(19)26-23(28)15-27(4)5/h8-14H,1,15H2,2-7H3,(H,26,28). The molecule has 6 heteroatoms. The lowest BCUT2D eigenvalue weighted by Crippen LogP contribution is -2.28. The van der Waals surface area contributed by atoms with E-state index in [0.29, 0.717) is 22.9 Å². The monoisotopic (exact) mass is 422 g/mol. The van der Waals surface area contributed by atoms with E-state index in [2.05, 4.69) is 11.9 Å². The van der Waals surface area contributed by atoms with E-state index >= 15 is 0 Å². The number of nitrogens with zero attached hydrogens (tertiary/aromatic N) is 1. The van der Waals surface area contributed by atoms with Gasteiger partial charge in [0.25, 0.3) is 0 Å². The summed E-state index contributed by atoms with van der Waals surface area (Å²) < 4.78 is 17.1. The van der Waals surface area contributed by atoms with E-state index in [9.17, 15) is 4.79 Å². The lowest BCUT2D eigenvalue weighted by molar-refractivity contribution is -0.116. The van der Waals surface area contributed by atoms with Crippen molar-refractivity contribution >= 4 is 23.2 Å². The van der Waals surface area contributed by atoms with Crippen LogP contribution in [0.15, 0.2) is 43.0 Å². The lowest BCUT2D eigenvalue weighted by atomic mass is 9.90. The maximum atomic E-state index is 12.5. The van der Waals surface area contributed by atoms with Crippen molar-refractivity contribution < 1.29 is 19.0 Å². The van der Waals surface area contributed by atoms with Gasteiger partial charge in [0.05, 0.1) is 26.5 Å². The first-order valence-electron chi connectivity index (χ1n) is 10.1. The van der Waals surface area contributed by atoms with Gasteiger partial charge in [-0.05, 0) is 69.4 Å². The summed E-state index contributed by atoms with van der Waals surface area (Å²) in [5, 5.41) is 2.99. The maximum absolute atomic E-state index is 12.5. The molecule has 0 aromatic heterocycles. The third-order valence-corrected chi connectivity index (χ3v) is 5.01. The smallest absolute Gasteiger partial charge is 0.238 e. The van der Waals surface area contributed by atoms with Gasteiger partial charge in [-0.2, -0.15) is 0 Å². The second kappa shape index (κ2) is 8.86. The molecule has 0 bridgehead atoms. The van der Waals surface area contributed by atoms with Crippen LogP contribution >= 0.6 is 0 Å². The maximum Gasteiger partial charge on any atom is 0.238 e. The van der Waals surface area contributed by atoms with E-state index in [-0.39, 0.29) is 12.5 Å². The predicted octanol–water partition coefficient (Wildman–Crippen LogP) is 4.45. The largest absolute Gasteiger partial charge is 0.497 e. The second-order valence-corrected chi connectivity index (χ2v) is 8.27. The van der Waals surface area contributed by atoms with Crippen molar-refractivity contribution in [2.24, 2.45) is 0 Å². The van der Waals surface area contributed by atoms with Crippen molar-refractivity contribution in [2.45, 2.75) is 19.4 Å². The molecule has 1 amide bonds. The number of methoxy groups -OCH3 is 2. The van der Waals surface area contributed by atoms with Crippen LogP contribution in [0.25, 0.3) is 11.6 Å². The third kappa shape index (κ3) is 4.91. The fraction of sp³-hybridized carbons (Fsp3) is 0.320. The summed E-state index contributed by atoms with van der Waals surface area (Å²) in [6.07, 6.45) is 4.05. The van der Waals surface area contributed by atoms with Crippen LogP contribution in [0.3, 0.4) is 0 Å². The summed E-state index contributed by atoms with van der Waals surface area (Å²) in [5.41, 5.74) is 3.56. The van der Waals surface area contributed by atoms with Crippen LogP contribution in [-0.4, -0.2) is 51.3 Å². The molecule has 0 atom stereocenters. The number of nitrogens with one attached hydrogen (secondary N) is 1. The first kappa shape index (κ1) is 22.4. The molecule has 0 saturated carbocycles. The van der Waals surface area contributed by atoms with Crippen molar-refractivity contribution in [3.63, 3.8) is 0 Å². The summed E-state index contributed by atoms with van der Waals surface area (Å²) in [6.45, 7) is 8.61. The summed E-state index contributed by atoms with van der Waals surface area (Å²) >= 11 is 0. The van der Waals surface area contributed by atoms with Crippen LogP contribution < -0.4 is 19.5 Å². The van der Waals surface area contributed by atoms with Gasteiger partial charge >= 0.3 is 0 Å². The highest BCUT2D eigenvalue weighted by molar-refractivity contribution is 5.98. The Labute approximate surface area is 184 Å². The molecule has 1 heterocycles. The van der Waals surface area contributed by atoms with Crippen LogP contribution in [0.2, 0.25) is 0 Å².